The average Bonchev–Trinajstić information content (AvgIpc) is 4.17. The first-order valence-electron chi connectivity index (χ1n) is 23.3. The Morgan fingerprint density at radius 3 is 2.45 bits per heavy atom. The van der Waals surface area contributed by atoms with Crippen LogP contribution in [0.1, 0.15) is 67.6 Å². The van der Waals surface area contributed by atoms with Gasteiger partial charge in [0.25, 0.3) is 5.69 Å². The summed E-state index contributed by atoms with van der Waals surface area (Å²) in [4.78, 5) is 36.1. The lowest BCUT2D eigenvalue weighted by Gasteiger charge is -2.60. The Morgan fingerprint density at radius 2 is 1.74 bits per heavy atom. The number of nitrogens with zero attached hydrogens (tertiary/aromatic N) is 4. The fourth-order valence-electron chi connectivity index (χ4n) is 9.80. The number of aliphatic hydroxyl groups is 3. The van der Waals surface area contributed by atoms with Crippen LogP contribution in [0.15, 0.2) is 108 Å². The number of nitro benzene ring substituents is 1. The maximum Gasteiger partial charge on any atom is 0.269 e. The van der Waals surface area contributed by atoms with E-state index in [1.54, 1.807) is 29.2 Å². The molecule has 2 fully saturated rings. The number of hydrogen-bond donors (Lipinski definition) is 3. The summed E-state index contributed by atoms with van der Waals surface area (Å²) in [5.41, 5.74) is 3.98. The van der Waals surface area contributed by atoms with Crippen molar-refractivity contribution in [3.63, 3.8) is 0 Å². The summed E-state index contributed by atoms with van der Waals surface area (Å²) >= 11 is 0. The molecule has 3 N–H and O–H groups in total. The van der Waals surface area contributed by atoms with Crippen molar-refractivity contribution in [2.45, 2.75) is 69.3 Å². The standard InChI is InChI=1S/C51H64N4O11/c1-2-29-64-51-47(54(25-30-62-32-28-58)48(59)21-16-37-14-17-40(18-15-37)55(60)61)35-45(52-65-36-38-10-4-3-5-11-38)43-33-39(12-6-8-26-56)42(13-7-9-27-57)49(50(43)51)44-34-41(19-20-46(44)66-51)63-31-24-53-22-23-53/h2-5,10-11,14-21,33-34,39,42,47,49-50,56-58H,1,6-9,12-13,22-32,35-36H2. The quantitative estimate of drug-likeness (QED) is 0.0185. The molecule has 0 aromatic heterocycles. The summed E-state index contributed by atoms with van der Waals surface area (Å²) < 4.78 is 26.7. The topological polar surface area (TPSA) is 186 Å². The van der Waals surface area contributed by atoms with E-state index in [0.29, 0.717) is 36.5 Å². The van der Waals surface area contributed by atoms with Gasteiger partial charge in [-0.05, 0) is 90.6 Å². The first-order valence-corrected chi connectivity index (χ1v) is 23.3. The minimum absolute atomic E-state index is 0.0236. The normalized spacial score (nSPS) is 23.7. The molecule has 66 heavy (non-hydrogen) atoms. The predicted molar refractivity (Wildman–Crippen MR) is 250 cm³/mol. The van der Waals surface area contributed by atoms with Gasteiger partial charge < -0.3 is 44.0 Å². The van der Waals surface area contributed by atoms with Gasteiger partial charge in [-0.1, -0.05) is 60.5 Å². The van der Waals surface area contributed by atoms with Crippen molar-refractivity contribution >= 4 is 23.4 Å². The lowest BCUT2D eigenvalue weighted by molar-refractivity contribution is -0.384. The Morgan fingerprint density at radius 1 is 0.970 bits per heavy atom. The second-order valence-corrected chi connectivity index (χ2v) is 17.3. The van der Waals surface area contributed by atoms with Gasteiger partial charge in [0.2, 0.25) is 11.7 Å². The lowest BCUT2D eigenvalue weighted by Crippen LogP contribution is -2.70. The number of ether oxygens (including phenoxy) is 4. The molecule has 4 aliphatic rings. The Bertz CT molecular complexity index is 2160. The van der Waals surface area contributed by atoms with Crippen LogP contribution < -0.4 is 9.47 Å². The first kappa shape index (κ1) is 48.5. The second kappa shape index (κ2) is 23.9. The molecule has 3 aromatic rings. The highest BCUT2D eigenvalue weighted by molar-refractivity contribution is 6.03. The van der Waals surface area contributed by atoms with E-state index in [1.165, 1.54) is 18.2 Å². The fourth-order valence-corrected chi connectivity index (χ4v) is 9.80. The van der Waals surface area contributed by atoms with Crippen LogP contribution in [0.5, 0.6) is 11.5 Å². The van der Waals surface area contributed by atoms with Gasteiger partial charge in [0.05, 0.1) is 43.0 Å². The molecule has 15 nitrogen and oxygen atoms in total. The van der Waals surface area contributed by atoms with Crippen LogP contribution in [0, 0.1) is 27.9 Å². The Hall–Kier alpha value is -5.42. The molecule has 2 aliphatic carbocycles. The van der Waals surface area contributed by atoms with Crippen molar-refractivity contribution < 1.29 is 48.8 Å². The molecule has 1 amide bonds. The minimum atomic E-state index is -1.50. The van der Waals surface area contributed by atoms with Gasteiger partial charge >= 0.3 is 0 Å². The summed E-state index contributed by atoms with van der Waals surface area (Å²) in [5.74, 6) is -1.26. The maximum absolute atomic E-state index is 14.9. The van der Waals surface area contributed by atoms with E-state index in [2.05, 4.69) is 23.6 Å². The number of aliphatic hydroxyl groups excluding tert-OH is 3. The number of oxime groups is 1. The summed E-state index contributed by atoms with van der Waals surface area (Å²) in [6.45, 7) is 8.05. The molecule has 0 bridgehead atoms. The Balaban J connectivity index is 1.40. The van der Waals surface area contributed by atoms with E-state index in [-0.39, 0.29) is 88.6 Å². The Kier molecular flexibility index (Phi) is 17.5. The van der Waals surface area contributed by atoms with Crippen molar-refractivity contribution in [1.29, 1.82) is 0 Å². The number of hydrogen-bond acceptors (Lipinski definition) is 13. The molecule has 7 rings (SSSR count). The fraction of sp³-hybridized carbons (Fsp3) is 0.490. The number of allylic oxidation sites excluding steroid dienone is 1. The van der Waals surface area contributed by atoms with Crippen LogP contribution in [0.4, 0.5) is 5.69 Å². The zero-order chi connectivity index (χ0) is 46.3. The van der Waals surface area contributed by atoms with Crippen LogP contribution in [0.3, 0.4) is 0 Å². The number of benzene rings is 3. The van der Waals surface area contributed by atoms with Crippen LogP contribution in [-0.4, -0.2) is 126 Å². The van der Waals surface area contributed by atoms with Gasteiger partial charge in [-0.3, -0.25) is 19.8 Å². The SMILES string of the molecule is C=CCOC12Oc3ccc(OCCN4CC4)cc3C3C(CCCCO)C(CCCCO)C=C(C(=NOCc4ccccc4)CC1N(CCOCCO)C(=O)C=Cc1ccc([N+](=O)[O-])cc1)C32. The van der Waals surface area contributed by atoms with E-state index in [0.717, 1.165) is 67.8 Å². The molecule has 15 heteroatoms. The molecule has 6 atom stereocenters. The smallest absolute Gasteiger partial charge is 0.269 e. The first-order chi connectivity index (χ1) is 32.3. The third kappa shape index (κ3) is 11.9. The van der Waals surface area contributed by atoms with Crippen molar-refractivity contribution in [3.8, 4) is 11.5 Å². The number of non-ortho nitro benzene ring substituents is 1. The van der Waals surface area contributed by atoms with Gasteiger partial charge in [0.1, 0.15) is 30.8 Å². The monoisotopic (exact) mass is 908 g/mol. The number of fused-ring (bicyclic) bond motifs is 2. The van der Waals surface area contributed by atoms with Crippen molar-refractivity contribution in [3.05, 3.63) is 130 Å². The maximum atomic E-state index is 14.9. The number of unbranched alkanes of at least 4 members (excludes halogenated alkanes) is 2. The lowest BCUT2D eigenvalue weighted by atomic mass is 9.55. The number of nitro groups is 1. The number of rotatable bonds is 27. The summed E-state index contributed by atoms with van der Waals surface area (Å²) in [6, 6.07) is 20.9. The van der Waals surface area contributed by atoms with Crippen molar-refractivity contribution in [2.24, 2.45) is 22.9 Å². The van der Waals surface area contributed by atoms with Crippen LogP contribution in [0.25, 0.3) is 6.08 Å². The molecular formula is C51H64N4O11. The van der Waals surface area contributed by atoms with E-state index in [4.69, 9.17) is 28.9 Å². The molecule has 0 radical (unpaired) electrons. The molecule has 2 aliphatic heterocycles. The van der Waals surface area contributed by atoms with Gasteiger partial charge in [-0.25, -0.2) is 0 Å². The third-order valence-corrected chi connectivity index (χ3v) is 13.0. The zero-order valence-corrected chi connectivity index (χ0v) is 37.7. The van der Waals surface area contributed by atoms with E-state index < -0.39 is 22.7 Å². The van der Waals surface area contributed by atoms with E-state index >= 15 is 0 Å². The largest absolute Gasteiger partial charge is 0.492 e. The number of carbonyl (C=O) groups is 1. The molecule has 354 valence electrons. The van der Waals surface area contributed by atoms with Crippen LogP contribution in [0.2, 0.25) is 0 Å². The minimum Gasteiger partial charge on any atom is -0.492 e. The highest BCUT2D eigenvalue weighted by atomic mass is 16.7. The highest BCUT2D eigenvalue weighted by Gasteiger charge is 2.65. The van der Waals surface area contributed by atoms with Gasteiger partial charge in [-0.15, -0.1) is 6.58 Å². The average molecular weight is 909 g/mol. The zero-order valence-electron chi connectivity index (χ0n) is 37.7. The molecule has 0 spiro atoms. The second-order valence-electron chi connectivity index (χ2n) is 17.3. The Labute approximate surface area is 387 Å². The summed E-state index contributed by atoms with van der Waals surface area (Å²) in [5, 5.41) is 45.9. The van der Waals surface area contributed by atoms with Gasteiger partial charge in [0.15, 0.2) is 0 Å². The van der Waals surface area contributed by atoms with Crippen LogP contribution in [-0.2, 0) is 25.7 Å². The molecule has 6 unspecified atom stereocenters. The number of carbonyl (C=O) groups excluding carboxylic acids is 1. The predicted octanol–water partition coefficient (Wildman–Crippen LogP) is 6.67. The molecule has 2 heterocycles. The molecule has 3 aromatic carbocycles. The number of amides is 1. The van der Waals surface area contributed by atoms with E-state index in [1.807, 2.05) is 42.5 Å². The van der Waals surface area contributed by atoms with Gasteiger partial charge in [0, 0.05) is 75.5 Å². The molecule has 1 saturated carbocycles. The summed E-state index contributed by atoms with van der Waals surface area (Å²) in [6.07, 6.45) is 11.7. The van der Waals surface area contributed by atoms with Crippen molar-refractivity contribution in [2.75, 3.05) is 72.4 Å². The van der Waals surface area contributed by atoms with Crippen LogP contribution >= 0.6 is 0 Å². The highest BCUT2D eigenvalue weighted by Crippen LogP contribution is 2.62. The third-order valence-electron chi connectivity index (χ3n) is 13.0. The van der Waals surface area contributed by atoms with E-state index in [9.17, 15) is 30.2 Å². The van der Waals surface area contributed by atoms with Gasteiger partial charge in [-0.2, -0.15) is 0 Å². The van der Waals surface area contributed by atoms with Crippen molar-refractivity contribution in [1.82, 2.24) is 9.80 Å². The summed E-state index contributed by atoms with van der Waals surface area (Å²) in [7, 11) is 0. The molecule has 1 saturated heterocycles. The molecular weight excluding hydrogens is 845 g/mol.